The zero-order valence-electron chi connectivity index (χ0n) is 8.78. The van der Waals surface area contributed by atoms with Crippen LogP contribution in [0.1, 0.15) is 20.1 Å². The minimum absolute atomic E-state index is 0.0845. The number of aryl methyl sites for hydroxylation is 1. The quantitative estimate of drug-likeness (QED) is 0.750. The first-order valence-corrected chi connectivity index (χ1v) is 5.61. The average Bonchev–Trinajstić information content (AvgIpc) is 2.84. The van der Waals surface area contributed by atoms with E-state index in [0.717, 1.165) is 10.4 Å². The summed E-state index contributed by atoms with van der Waals surface area (Å²) in [7, 11) is 0. The molecule has 6 heteroatoms. The summed E-state index contributed by atoms with van der Waals surface area (Å²) in [5, 5.41) is 9.18. The van der Waals surface area contributed by atoms with Crippen molar-refractivity contribution < 1.29 is 4.79 Å². The van der Waals surface area contributed by atoms with E-state index in [1.807, 2.05) is 19.1 Å². The van der Waals surface area contributed by atoms with Crippen LogP contribution in [0.4, 0.5) is 5.82 Å². The van der Waals surface area contributed by atoms with Gasteiger partial charge in [0, 0.05) is 17.0 Å². The summed E-state index contributed by atoms with van der Waals surface area (Å²) in [5.41, 5.74) is 6.40. The summed E-state index contributed by atoms with van der Waals surface area (Å²) < 4.78 is 0. The van der Waals surface area contributed by atoms with Crippen molar-refractivity contribution in [1.82, 2.24) is 15.5 Å². The first-order valence-electron chi connectivity index (χ1n) is 4.79. The molecule has 16 heavy (non-hydrogen) atoms. The van der Waals surface area contributed by atoms with Gasteiger partial charge in [-0.2, -0.15) is 5.10 Å². The Labute approximate surface area is 96.7 Å². The van der Waals surface area contributed by atoms with Crippen LogP contribution in [-0.2, 0) is 6.54 Å². The van der Waals surface area contributed by atoms with Gasteiger partial charge in [0.1, 0.15) is 5.82 Å². The van der Waals surface area contributed by atoms with Gasteiger partial charge in [-0.25, -0.2) is 0 Å². The van der Waals surface area contributed by atoms with E-state index in [-0.39, 0.29) is 5.91 Å². The number of nitrogens with one attached hydrogen (secondary N) is 2. The highest BCUT2D eigenvalue weighted by molar-refractivity contribution is 7.13. The van der Waals surface area contributed by atoms with Gasteiger partial charge in [0.15, 0.2) is 0 Å². The molecule has 0 aliphatic rings. The zero-order valence-corrected chi connectivity index (χ0v) is 9.60. The Morgan fingerprint density at radius 3 is 3.00 bits per heavy atom. The number of anilines is 1. The molecule has 0 atom stereocenters. The SMILES string of the molecule is Cc1ccc(C(=O)NCc2cn[nH]c2N)s1. The van der Waals surface area contributed by atoms with Crippen LogP contribution in [0, 0.1) is 6.92 Å². The number of carbonyl (C=O) groups excluding carboxylic acids is 1. The van der Waals surface area contributed by atoms with E-state index in [4.69, 9.17) is 5.73 Å². The van der Waals surface area contributed by atoms with Gasteiger partial charge in [0.25, 0.3) is 5.91 Å². The smallest absolute Gasteiger partial charge is 0.261 e. The van der Waals surface area contributed by atoms with Gasteiger partial charge < -0.3 is 11.1 Å². The fourth-order valence-corrected chi connectivity index (χ4v) is 2.07. The summed E-state index contributed by atoms with van der Waals surface area (Å²) in [6.07, 6.45) is 1.61. The molecule has 5 nitrogen and oxygen atoms in total. The zero-order chi connectivity index (χ0) is 11.5. The van der Waals surface area contributed by atoms with Gasteiger partial charge in [-0.15, -0.1) is 11.3 Å². The third-order valence-corrected chi connectivity index (χ3v) is 3.15. The molecule has 4 N–H and O–H groups in total. The van der Waals surface area contributed by atoms with Crippen molar-refractivity contribution in [1.29, 1.82) is 0 Å². The van der Waals surface area contributed by atoms with Crippen molar-refractivity contribution in [2.24, 2.45) is 0 Å². The molecule has 84 valence electrons. The number of nitrogens with zero attached hydrogens (tertiary/aromatic N) is 1. The van der Waals surface area contributed by atoms with Crippen molar-refractivity contribution >= 4 is 23.1 Å². The number of nitrogens with two attached hydrogens (primary N) is 1. The largest absolute Gasteiger partial charge is 0.384 e. The lowest BCUT2D eigenvalue weighted by Gasteiger charge is -2.01. The lowest BCUT2D eigenvalue weighted by Crippen LogP contribution is -2.22. The van der Waals surface area contributed by atoms with E-state index < -0.39 is 0 Å². The Morgan fingerprint density at radius 1 is 1.62 bits per heavy atom. The van der Waals surface area contributed by atoms with Crippen LogP contribution in [0.3, 0.4) is 0 Å². The molecule has 0 aromatic carbocycles. The maximum atomic E-state index is 11.7. The molecular weight excluding hydrogens is 224 g/mol. The third kappa shape index (κ3) is 2.22. The number of rotatable bonds is 3. The molecule has 0 radical (unpaired) electrons. The number of aromatic amines is 1. The van der Waals surface area contributed by atoms with Crippen LogP contribution in [0.5, 0.6) is 0 Å². The van der Waals surface area contributed by atoms with Gasteiger partial charge in [0.05, 0.1) is 11.1 Å². The van der Waals surface area contributed by atoms with Gasteiger partial charge in [-0.05, 0) is 19.1 Å². The fourth-order valence-electron chi connectivity index (χ4n) is 1.28. The first-order chi connectivity index (χ1) is 7.66. The van der Waals surface area contributed by atoms with Crippen LogP contribution in [0.2, 0.25) is 0 Å². The molecule has 0 saturated heterocycles. The van der Waals surface area contributed by atoms with Crippen molar-refractivity contribution in [3.63, 3.8) is 0 Å². The Hall–Kier alpha value is -1.82. The molecule has 0 saturated carbocycles. The second-order valence-electron chi connectivity index (χ2n) is 3.40. The average molecular weight is 236 g/mol. The highest BCUT2D eigenvalue weighted by Gasteiger charge is 2.08. The second kappa shape index (κ2) is 4.36. The Bertz CT molecular complexity index is 502. The third-order valence-electron chi connectivity index (χ3n) is 2.15. The molecule has 0 unspecified atom stereocenters. The molecule has 0 aliphatic carbocycles. The number of hydrogen-bond acceptors (Lipinski definition) is 4. The van der Waals surface area contributed by atoms with Gasteiger partial charge >= 0.3 is 0 Å². The highest BCUT2D eigenvalue weighted by atomic mass is 32.1. The minimum Gasteiger partial charge on any atom is -0.384 e. The van der Waals surface area contributed by atoms with Gasteiger partial charge in [-0.1, -0.05) is 0 Å². The van der Waals surface area contributed by atoms with Crippen LogP contribution in [0.15, 0.2) is 18.3 Å². The van der Waals surface area contributed by atoms with Crippen LogP contribution in [-0.4, -0.2) is 16.1 Å². The summed E-state index contributed by atoms with van der Waals surface area (Å²) in [5.74, 6) is 0.404. The van der Waals surface area contributed by atoms with E-state index in [2.05, 4.69) is 15.5 Å². The monoisotopic (exact) mass is 236 g/mol. The van der Waals surface area contributed by atoms with Crippen LogP contribution < -0.4 is 11.1 Å². The van der Waals surface area contributed by atoms with E-state index in [1.54, 1.807) is 6.20 Å². The van der Waals surface area contributed by atoms with Crippen LogP contribution >= 0.6 is 11.3 Å². The number of amides is 1. The predicted molar refractivity (Wildman–Crippen MR) is 63.2 cm³/mol. The first kappa shape index (κ1) is 10.7. The summed E-state index contributed by atoms with van der Waals surface area (Å²) >= 11 is 1.47. The molecular formula is C10H12N4OS. The summed E-state index contributed by atoms with van der Waals surface area (Å²) in [4.78, 5) is 13.5. The lowest BCUT2D eigenvalue weighted by atomic mass is 10.3. The van der Waals surface area contributed by atoms with Crippen molar-refractivity contribution in [2.45, 2.75) is 13.5 Å². The fraction of sp³-hybridized carbons (Fsp3) is 0.200. The molecule has 0 bridgehead atoms. The minimum atomic E-state index is -0.0845. The maximum absolute atomic E-state index is 11.7. The molecule has 0 fully saturated rings. The predicted octanol–water partition coefficient (Wildman–Crippen LogP) is 1.29. The summed E-state index contributed by atoms with van der Waals surface area (Å²) in [6, 6.07) is 3.74. The van der Waals surface area contributed by atoms with Crippen molar-refractivity contribution in [3.05, 3.63) is 33.6 Å². The molecule has 0 aliphatic heterocycles. The molecule has 2 heterocycles. The molecule has 1 amide bonds. The molecule has 2 aromatic rings. The van der Waals surface area contributed by atoms with E-state index in [0.29, 0.717) is 17.2 Å². The molecule has 2 aromatic heterocycles. The number of aromatic nitrogens is 2. The standard InChI is InChI=1S/C10H12N4OS/c1-6-2-3-8(16-6)10(15)12-4-7-5-13-14-9(7)11/h2-3,5H,4H2,1H3,(H,12,15)(H3,11,13,14). The summed E-state index contributed by atoms with van der Waals surface area (Å²) in [6.45, 7) is 2.35. The Kier molecular flexibility index (Phi) is 2.91. The number of hydrogen-bond donors (Lipinski definition) is 3. The maximum Gasteiger partial charge on any atom is 0.261 e. The normalized spacial score (nSPS) is 10.3. The van der Waals surface area contributed by atoms with Crippen molar-refractivity contribution in [2.75, 3.05) is 5.73 Å². The molecule has 0 spiro atoms. The topological polar surface area (TPSA) is 83.8 Å². The second-order valence-corrected chi connectivity index (χ2v) is 4.69. The van der Waals surface area contributed by atoms with Gasteiger partial charge in [-0.3, -0.25) is 9.89 Å². The van der Waals surface area contributed by atoms with E-state index in [9.17, 15) is 4.79 Å². The highest BCUT2D eigenvalue weighted by Crippen LogP contribution is 2.15. The lowest BCUT2D eigenvalue weighted by molar-refractivity contribution is 0.0955. The number of thiophene rings is 1. The Morgan fingerprint density at radius 2 is 2.44 bits per heavy atom. The molecule has 2 rings (SSSR count). The number of carbonyl (C=O) groups is 1. The van der Waals surface area contributed by atoms with E-state index >= 15 is 0 Å². The van der Waals surface area contributed by atoms with E-state index in [1.165, 1.54) is 11.3 Å². The Balaban J connectivity index is 1.96. The van der Waals surface area contributed by atoms with Gasteiger partial charge in [0.2, 0.25) is 0 Å². The van der Waals surface area contributed by atoms with Crippen molar-refractivity contribution in [3.8, 4) is 0 Å². The van der Waals surface area contributed by atoms with Crippen LogP contribution in [0.25, 0.3) is 0 Å². The number of nitrogen functional groups attached to an aromatic ring is 1. The number of H-pyrrole nitrogens is 1.